The van der Waals surface area contributed by atoms with Crippen LogP contribution in [0.5, 0.6) is 0 Å². The van der Waals surface area contributed by atoms with Crippen LogP contribution in [0.2, 0.25) is 0 Å². The van der Waals surface area contributed by atoms with Crippen LogP contribution in [0, 0.1) is 6.92 Å². The molecule has 0 bridgehead atoms. The molecule has 0 saturated heterocycles. The fourth-order valence-electron chi connectivity index (χ4n) is 1.49. The third kappa shape index (κ3) is 44.0. The van der Waals surface area contributed by atoms with E-state index in [0.29, 0.717) is 0 Å². The Morgan fingerprint density at radius 3 is 1.39 bits per heavy atom. The topological polar surface area (TPSA) is 74.6 Å². The SMILES string of the molecule is O=S(=O)(O)O.[CH2-]CCCCCCCCCCC.[Li+]. The second-order valence-electron chi connectivity index (χ2n) is 4.13. The molecule has 4 nitrogen and oxygen atoms in total. The first-order valence-electron chi connectivity index (χ1n) is 6.41. The zero-order valence-corrected chi connectivity index (χ0v) is 12.7. The summed E-state index contributed by atoms with van der Waals surface area (Å²) in [4.78, 5) is 0. The quantitative estimate of drug-likeness (QED) is 0.286. The molecule has 0 amide bonds. The first kappa shape index (κ1) is 23.6. The van der Waals surface area contributed by atoms with Gasteiger partial charge in [0, 0.05) is 0 Å². The van der Waals surface area contributed by atoms with Gasteiger partial charge in [0.2, 0.25) is 0 Å². The Morgan fingerprint density at radius 1 is 0.833 bits per heavy atom. The van der Waals surface area contributed by atoms with Gasteiger partial charge in [0.05, 0.1) is 0 Å². The number of unbranched alkanes of at least 4 members (excludes halogenated alkanes) is 9. The average molecular weight is 274 g/mol. The van der Waals surface area contributed by atoms with E-state index < -0.39 is 10.4 Å². The predicted molar refractivity (Wildman–Crippen MR) is 71.4 cm³/mol. The second-order valence-corrected chi connectivity index (χ2v) is 5.03. The maximum Gasteiger partial charge on any atom is 1.00 e. The third-order valence-electron chi connectivity index (χ3n) is 2.35. The summed E-state index contributed by atoms with van der Waals surface area (Å²) < 4.78 is 31.6. The van der Waals surface area contributed by atoms with Crippen molar-refractivity contribution in [3.63, 3.8) is 0 Å². The summed E-state index contributed by atoms with van der Waals surface area (Å²) in [5, 5.41) is 0. The average Bonchev–Trinajstić information content (AvgIpc) is 2.20. The van der Waals surface area contributed by atoms with E-state index in [0.717, 1.165) is 6.42 Å². The molecule has 2 N–H and O–H groups in total. The Kier molecular flexibility index (Phi) is 22.9. The Labute approximate surface area is 125 Å². The van der Waals surface area contributed by atoms with Gasteiger partial charge in [-0.2, -0.15) is 14.8 Å². The molecule has 0 aromatic heterocycles. The molecular formula is C12H27LiO4S. The van der Waals surface area contributed by atoms with Gasteiger partial charge in [0.15, 0.2) is 0 Å². The molecule has 0 aliphatic carbocycles. The molecule has 0 radical (unpaired) electrons. The van der Waals surface area contributed by atoms with Crippen LogP contribution in [0.3, 0.4) is 0 Å². The van der Waals surface area contributed by atoms with Crippen molar-refractivity contribution in [1.82, 2.24) is 0 Å². The summed E-state index contributed by atoms with van der Waals surface area (Å²) >= 11 is 0. The Balaban J connectivity index is -0.000000321. The van der Waals surface area contributed by atoms with Gasteiger partial charge < -0.3 is 6.92 Å². The number of hydrogen-bond donors (Lipinski definition) is 2. The Bertz CT molecular complexity index is 212. The second kappa shape index (κ2) is 17.5. The smallest absolute Gasteiger partial charge is 0.343 e. The van der Waals surface area contributed by atoms with Crippen LogP contribution in [0.1, 0.15) is 71.1 Å². The van der Waals surface area contributed by atoms with Gasteiger partial charge in [-0.25, -0.2) is 0 Å². The van der Waals surface area contributed by atoms with Crippen molar-refractivity contribution in [2.24, 2.45) is 0 Å². The van der Waals surface area contributed by atoms with Crippen molar-refractivity contribution in [3.8, 4) is 0 Å². The largest absolute Gasteiger partial charge is 1.00 e. The molecule has 0 unspecified atom stereocenters. The molecule has 0 fully saturated rings. The van der Waals surface area contributed by atoms with E-state index in [1.165, 1.54) is 57.8 Å². The molecule has 18 heavy (non-hydrogen) atoms. The van der Waals surface area contributed by atoms with E-state index in [1.54, 1.807) is 0 Å². The first-order chi connectivity index (χ1) is 7.91. The van der Waals surface area contributed by atoms with Crippen molar-refractivity contribution in [2.45, 2.75) is 71.1 Å². The summed E-state index contributed by atoms with van der Waals surface area (Å²) in [6, 6.07) is 0. The van der Waals surface area contributed by atoms with Gasteiger partial charge in [-0.1, -0.05) is 64.7 Å². The molecule has 0 heterocycles. The maximum atomic E-state index is 8.74. The molecule has 0 saturated carbocycles. The molecule has 106 valence electrons. The standard InChI is InChI=1S/C12H25.Li.H2O4S/c1-3-5-7-9-11-12-10-8-6-4-2;;1-5(2,3)4/h1,3-12H2,2H3;;(H2,1,2,3,4)/q-1;+1;. The van der Waals surface area contributed by atoms with Gasteiger partial charge in [-0.3, -0.25) is 9.11 Å². The van der Waals surface area contributed by atoms with Crippen LogP contribution in [-0.2, 0) is 10.4 Å². The normalized spacial score (nSPS) is 10.2. The molecule has 0 aromatic carbocycles. The van der Waals surface area contributed by atoms with E-state index in [1.807, 2.05) is 0 Å². The summed E-state index contributed by atoms with van der Waals surface area (Å²) in [6.07, 6.45) is 13.9. The summed E-state index contributed by atoms with van der Waals surface area (Å²) in [5.41, 5.74) is 0. The number of hydrogen-bond acceptors (Lipinski definition) is 2. The summed E-state index contributed by atoms with van der Waals surface area (Å²) in [5.74, 6) is 0. The third-order valence-corrected chi connectivity index (χ3v) is 2.35. The van der Waals surface area contributed by atoms with Gasteiger partial charge in [0.1, 0.15) is 0 Å². The van der Waals surface area contributed by atoms with E-state index in [-0.39, 0.29) is 18.9 Å². The summed E-state index contributed by atoms with van der Waals surface area (Å²) in [7, 11) is -4.67. The summed E-state index contributed by atoms with van der Waals surface area (Å²) in [6.45, 7) is 6.12. The molecular weight excluding hydrogens is 247 g/mol. The van der Waals surface area contributed by atoms with E-state index >= 15 is 0 Å². The maximum absolute atomic E-state index is 8.74. The zero-order chi connectivity index (χ0) is 13.6. The Hall–Kier alpha value is 0.467. The zero-order valence-electron chi connectivity index (χ0n) is 11.9. The van der Waals surface area contributed by atoms with Crippen LogP contribution >= 0.6 is 0 Å². The molecule has 0 atom stereocenters. The van der Waals surface area contributed by atoms with Crippen LogP contribution in [0.4, 0.5) is 0 Å². The van der Waals surface area contributed by atoms with E-state index in [4.69, 9.17) is 17.5 Å². The van der Waals surface area contributed by atoms with Gasteiger partial charge in [0.25, 0.3) is 0 Å². The molecule has 0 spiro atoms. The van der Waals surface area contributed by atoms with Crippen LogP contribution in [-0.4, -0.2) is 17.5 Å². The van der Waals surface area contributed by atoms with Gasteiger partial charge >= 0.3 is 29.3 Å². The van der Waals surface area contributed by atoms with Crippen LogP contribution < -0.4 is 18.9 Å². The molecule has 0 rings (SSSR count). The Morgan fingerprint density at radius 2 is 1.11 bits per heavy atom. The minimum Gasteiger partial charge on any atom is -0.343 e. The van der Waals surface area contributed by atoms with Crippen molar-refractivity contribution < 1.29 is 36.4 Å². The molecule has 0 aliphatic heterocycles. The predicted octanol–water partition coefficient (Wildman–Crippen LogP) is 1.09. The number of rotatable bonds is 9. The molecule has 6 heteroatoms. The molecule has 0 aromatic rings. The van der Waals surface area contributed by atoms with Crippen molar-refractivity contribution in [3.05, 3.63) is 6.92 Å². The fraction of sp³-hybridized carbons (Fsp3) is 0.917. The van der Waals surface area contributed by atoms with Gasteiger partial charge in [-0.15, -0.1) is 0 Å². The first-order valence-corrected chi connectivity index (χ1v) is 7.80. The van der Waals surface area contributed by atoms with Crippen LogP contribution in [0.25, 0.3) is 0 Å². The van der Waals surface area contributed by atoms with Gasteiger partial charge in [-0.05, 0) is 0 Å². The van der Waals surface area contributed by atoms with Crippen molar-refractivity contribution in [2.75, 3.05) is 0 Å². The molecule has 0 aliphatic rings. The van der Waals surface area contributed by atoms with Crippen molar-refractivity contribution >= 4 is 10.4 Å². The van der Waals surface area contributed by atoms with E-state index in [9.17, 15) is 0 Å². The monoisotopic (exact) mass is 274 g/mol. The minimum atomic E-state index is -4.67. The van der Waals surface area contributed by atoms with Crippen molar-refractivity contribution in [1.29, 1.82) is 0 Å². The van der Waals surface area contributed by atoms with E-state index in [2.05, 4.69) is 13.8 Å². The van der Waals surface area contributed by atoms with Crippen LogP contribution in [0.15, 0.2) is 0 Å². The minimum absolute atomic E-state index is 0. The fourth-order valence-corrected chi connectivity index (χ4v) is 1.49.